The number of aromatic nitrogens is 1. The second-order valence-corrected chi connectivity index (χ2v) is 9.10. The third kappa shape index (κ3) is 8.68. The van der Waals surface area contributed by atoms with Crippen molar-refractivity contribution in [2.45, 2.75) is 43.8 Å². The Hall–Kier alpha value is -4.71. The molecule has 2 aromatic carbocycles. The van der Waals surface area contributed by atoms with Crippen LogP contribution in [0.15, 0.2) is 60.8 Å². The van der Waals surface area contributed by atoms with Gasteiger partial charge in [-0.05, 0) is 23.6 Å². The van der Waals surface area contributed by atoms with Crippen LogP contribution in [0.1, 0.15) is 24.0 Å². The van der Waals surface area contributed by atoms with Crippen LogP contribution in [0.25, 0.3) is 10.9 Å². The number of H-pyrrole nitrogens is 1. The summed E-state index contributed by atoms with van der Waals surface area (Å²) in [4.78, 5) is 64.4. The van der Waals surface area contributed by atoms with Crippen molar-refractivity contribution in [1.82, 2.24) is 20.9 Å². The van der Waals surface area contributed by atoms with E-state index in [-0.39, 0.29) is 25.7 Å². The summed E-state index contributed by atoms with van der Waals surface area (Å²) in [6.07, 6.45) is 1.78. The van der Waals surface area contributed by atoms with Crippen molar-refractivity contribution < 1.29 is 29.1 Å². The molecular formula is C27H32N6O6. The Kier molecular flexibility index (Phi) is 10.2. The van der Waals surface area contributed by atoms with E-state index in [1.54, 1.807) is 36.5 Å². The summed E-state index contributed by atoms with van der Waals surface area (Å²) in [5.41, 5.74) is 13.4. The molecule has 3 atom stereocenters. The van der Waals surface area contributed by atoms with Crippen LogP contribution in [0.4, 0.5) is 0 Å². The number of carbonyl (C=O) groups is 5. The van der Waals surface area contributed by atoms with E-state index < -0.39 is 54.3 Å². The Balaban J connectivity index is 1.84. The highest BCUT2D eigenvalue weighted by molar-refractivity contribution is 5.94. The lowest BCUT2D eigenvalue weighted by atomic mass is 10.0. The third-order valence-corrected chi connectivity index (χ3v) is 6.10. The Labute approximate surface area is 224 Å². The van der Waals surface area contributed by atoms with Crippen LogP contribution in [-0.2, 0) is 36.8 Å². The number of para-hydroxylation sites is 1. The fraction of sp³-hybridized carbons (Fsp3) is 0.296. The van der Waals surface area contributed by atoms with Crippen molar-refractivity contribution in [2.24, 2.45) is 11.5 Å². The molecule has 206 valence electrons. The minimum atomic E-state index is -1.23. The maximum absolute atomic E-state index is 13.5. The SMILES string of the molecule is NC(=O)CCC(N)C(=O)NC(Cc1c[nH]c2ccccc12)C(=O)NC(Cc1ccccc1)C(=O)NCC(=O)O. The summed E-state index contributed by atoms with van der Waals surface area (Å²) in [5.74, 6) is -3.86. The van der Waals surface area contributed by atoms with Gasteiger partial charge in [-0.15, -0.1) is 0 Å². The number of hydrogen-bond acceptors (Lipinski definition) is 6. The number of rotatable bonds is 14. The van der Waals surface area contributed by atoms with Crippen LogP contribution < -0.4 is 27.4 Å². The monoisotopic (exact) mass is 536 g/mol. The quantitative estimate of drug-likeness (QED) is 0.146. The fourth-order valence-electron chi connectivity index (χ4n) is 4.05. The van der Waals surface area contributed by atoms with Gasteiger partial charge >= 0.3 is 5.97 Å². The largest absolute Gasteiger partial charge is 0.480 e. The van der Waals surface area contributed by atoms with Gasteiger partial charge in [0.25, 0.3) is 0 Å². The van der Waals surface area contributed by atoms with Gasteiger partial charge in [0.2, 0.25) is 23.6 Å². The average molecular weight is 537 g/mol. The number of fused-ring (bicyclic) bond motifs is 1. The predicted molar refractivity (Wildman–Crippen MR) is 143 cm³/mol. The van der Waals surface area contributed by atoms with Gasteiger partial charge in [0.15, 0.2) is 0 Å². The van der Waals surface area contributed by atoms with Crippen LogP contribution in [-0.4, -0.2) is 64.4 Å². The average Bonchev–Trinajstić information content (AvgIpc) is 3.32. The van der Waals surface area contributed by atoms with Crippen molar-refractivity contribution in [3.05, 3.63) is 71.9 Å². The molecule has 0 aliphatic heterocycles. The molecule has 0 saturated heterocycles. The molecule has 0 aliphatic carbocycles. The van der Waals surface area contributed by atoms with E-state index in [1.807, 2.05) is 24.3 Å². The van der Waals surface area contributed by atoms with Gasteiger partial charge in [-0.1, -0.05) is 48.5 Å². The highest BCUT2D eigenvalue weighted by Gasteiger charge is 2.29. The molecule has 1 heterocycles. The minimum absolute atomic E-state index is 0.00316. The number of amides is 4. The molecule has 39 heavy (non-hydrogen) atoms. The molecule has 4 amide bonds. The van der Waals surface area contributed by atoms with Crippen LogP contribution >= 0.6 is 0 Å². The summed E-state index contributed by atoms with van der Waals surface area (Å²) in [6.45, 7) is -0.621. The maximum atomic E-state index is 13.5. The van der Waals surface area contributed by atoms with E-state index in [2.05, 4.69) is 20.9 Å². The molecule has 0 spiro atoms. The molecule has 0 saturated carbocycles. The number of benzene rings is 2. The first-order chi connectivity index (χ1) is 18.6. The zero-order valence-corrected chi connectivity index (χ0v) is 21.2. The van der Waals surface area contributed by atoms with E-state index in [9.17, 15) is 24.0 Å². The lowest BCUT2D eigenvalue weighted by Gasteiger charge is -2.24. The molecule has 9 N–H and O–H groups in total. The van der Waals surface area contributed by atoms with E-state index in [0.717, 1.165) is 22.0 Å². The first-order valence-electron chi connectivity index (χ1n) is 12.4. The maximum Gasteiger partial charge on any atom is 0.322 e. The molecule has 3 unspecified atom stereocenters. The van der Waals surface area contributed by atoms with Gasteiger partial charge in [0.1, 0.15) is 18.6 Å². The van der Waals surface area contributed by atoms with Crippen molar-refractivity contribution in [3.63, 3.8) is 0 Å². The van der Waals surface area contributed by atoms with Crippen LogP contribution in [0, 0.1) is 0 Å². The van der Waals surface area contributed by atoms with E-state index >= 15 is 0 Å². The van der Waals surface area contributed by atoms with Gasteiger partial charge in [0, 0.05) is 36.4 Å². The minimum Gasteiger partial charge on any atom is -0.480 e. The van der Waals surface area contributed by atoms with E-state index in [0.29, 0.717) is 0 Å². The topological polar surface area (TPSA) is 209 Å². The summed E-state index contributed by atoms with van der Waals surface area (Å²) in [6, 6.07) is 13.0. The lowest BCUT2D eigenvalue weighted by molar-refractivity contribution is -0.138. The van der Waals surface area contributed by atoms with E-state index in [4.69, 9.17) is 16.6 Å². The van der Waals surface area contributed by atoms with E-state index in [1.165, 1.54) is 0 Å². The number of nitrogens with one attached hydrogen (secondary N) is 4. The Morgan fingerprint density at radius 2 is 1.49 bits per heavy atom. The predicted octanol–water partition coefficient (Wildman–Crippen LogP) is -0.284. The Morgan fingerprint density at radius 1 is 0.846 bits per heavy atom. The summed E-state index contributed by atoms with van der Waals surface area (Å²) in [5, 5.41) is 17.4. The van der Waals surface area contributed by atoms with Gasteiger partial charge in [0.05, 0.1) is 6.04 Å². The molecule has 1 aromatic heterocycles. The molecule has 0 radical (unpaired) electrons. The van der Waals surface area contributed by atoms with Gasteiger partial charge in [-0.3, -0.25) is 24.0 Å². The lowest BCUT2D eigenvalue weighted by Crippen LogP contribution is -2.57. The van der Waals surface area contributed by atoms with Crippen molar-refractivity contribution in [3.8, 4) is 0 Å². The number of carbonyl (C=O) groups excluding carboxylic acids is 4. The van der Waals surface area contributed by atoms with Gasteiger partial charge < -0.3 is 37.5 Å². The summed E-state index contributed by atoms with van der Waals surface area (Å²) in [7, 11) is 0. The molecule has 12 heteroatoms. The smallest absolute Gasteiger partial charge is 0.322 e. The standard InChI is InChI=1S/C27H32N6O6/c28-19(10-11-23(29)34)25(37)32-22(13-17-14-30-20-9-5-4-8-18(17)20)27(39)33-21(26(38)31-15-24(35)36)12-16-6-2-1-3-7-16/h1-9,14,19,21-22,30H,10-13,15,28H2,(H2,29,34)(H,31,38)(H,32,37)(H,33,39)(H,35,36). The van der Waals surface area contributed by atoms with Crippen LogP contribution in [0.2, 0.25) is 0 Å². The molecule has 0 bridgehead atoms. The Morgan fingerprint density at radius 3 is 2.18 bits per heavy atom. The first kappa shape index (κ1) is 28.9. The second-order valence-electron chi connectivity index (χ2n) is 9.10. The number of hydrogen-bond donors (Lipinski definition) is 7. The number of nitrogens with two attached hydrogens (primary N) is 2. The van der Waals surface area contributed by atoms with Crippen molar-refractivity contribution in [2.75, 3.05) is 6.54 Å². The molecule has 0 aliphatic rings. The highest BCUT2D eigenvalue weighted by Crippen LogP contribution is 2.19. The summed E-state index contributed by atoms with van der Waals surface area (Å²) < 4.78 is 0. The molecule has 3 rings (SSSR count). The van der Waals surface area contributed by atoms with Crippen molar-refractivity contribution >= 4 is 40.5 Å². The number of aromatic amines is 1. The first-order valence-corrected chi connectivity index (χ1v) is 12.4. The number of carboxylic acids is 1. The molecular weight excluding hydrogens is 504 g/mol. The van der Waals surface area contributed by atoms with Crippen molar-refractivity contribution in [1.29, 1.82) is 0 Å². The van der Waals surface area contributed by atoms with Gasteiger partial charge in [-0.2, -0.15) is 0 Å². The number of aliphatic carboxylic acids is 1. The van der Waals surface area contributed by atoms with Crippen LogP contribution in [0.3, 0.4) is 0 Å². The zero-order chi connectivity index (χ0) is 28.4. The second kappa shape index (κ2) is 13.7. The van der Waals surface area contributed by atoms with Crippen LogP contribution in [0.5, 0.6) is 0 Å². The molecule has 12 nitrogen and oxygen atoms in total. The summed E-state index contributed by atoms with van der Waals surface area (Å²) >= 11 is 0. The molecule has 0 fully saturated rings. The highest BCUT2D eigenvalue weighted by atomic mass is 16.4. The Bertz CT molecular complexity index is 1320. The number of primary amides is 1. The van der Waals surface area contributed by atoms with Gasteiger partial charge in [-0.25, -0.2) is 0 Å². The fourth-order valence-corrected chi connectivity index (χ4v) is 4.05. The normalized spacial score (nSPS) is 13.2. The number of carboxylic acid groups (broad SMARTS) is 1. The third-order valence-electron chi connectivity index (χ3n) is 6.10. The zero-order valence-electron chi connectivity index (χ0n) is 21.2. The molecule has 3 aromatic rings.